The van der Waals surface area contributed by atoms with Crippen LogP contribution in [0.15, 0.2) is 48.5 Å². The Balaban J connectivity index is 1.32. The largest absolute Gasteiger partial charge is 0.356 e. The molecule has 0 saturated carbocycles. The van der Waals surface area contributed by atoms with Gasteiger partial charge in [-0.05, 0) is 23.8 Å². The van der Waals surface area contributed by atoms with E-state index < -0.39 is 0 Å². The van der Waals surface area contributed by atoms with Crippen LogP contribution in [0.1, 0.15) is 34.2 Å². The van der Waals surface area contributed by atoms with Gasteiger partial charge in [0.25, 0.3) is 5.91 Å². The Morgan fingerprint density at radius 1 is 1.12 bits per heavy atom. The molecule has 0 aliphatic carbocycles. The van der Waals surface area contributed by atoms with Crippen molar-refractivity contribution in [1.82, 2.24) is 20.6 Å². The number of aromatic nitrogens is 2. The van der Waals surface area contributed by atoms with Gasteiger partial charge in [-0.25, -0.2) is 4.98 Å². The van der Waals surface area contributed by atoms with Gasteiger partial charge in [-0.15, -0.1) is 0 Å². The molecule has 2 aromatic carbocycles. The fourth-order valence-corrected chi connectivity index (χ4v) is 3.18. The summed E-state index contributed by atoms with van der Waals surface area (Å²) in [5.41, 5.74) is 3.46. The second-order valence-electron chi connectivity index (χ2n) is 6.12. The van der Waals surface area contributed by atoms with E-state index in [-0.39, 0.29) is 24.3 Å². The Kier molecular flexibility index (Phi) is 3.93. The summed E-state index contributed by atoms with van der Waals surface area (Å²) in [7, 11) is 0. The Morgan fingerprint density at radius 3 is 2.80 bits per heavy atom. The van der Waals surface area contributed by atoms with E-state index in [0.717, 1.165) is 22.4 Å². The van der Waals surface area contributed by atoms with Crippen LogP contribution in [-0.4, -0.2) is 28.3 Å². The standard InChI is InChI=1S/C19H18N4O2/c24-18(11-16-12-5-1-2-6-13(12)19(25)23-16)20-10-9-17-21-14-7-3-4-8-15(14)22-17/h1-8,16H,9-11H2,(H,20,24)(H,21,22)(H,23,25)/t16-/m0/s1. The van der Waals surface area contributed by atoms with E-state index in [1.54, 1.807) is 6.07 Å². The van der Waals surface area contributed by atoms with Crippen LogP contribution in [0.2, 0.25) is 0 Å². The van der Waals surface area contributed by atoms with Crippen molar-refractivity contribution in [1.29, 1.82) is 0 Å². The van der Waals surface area contributed by atoms with Crippen LogP contribution in [0.4, 0.5) is 0 Å². The second-order valence-corrected chi connectivity index (χ2v) is 6.12. The highest BCUT2D eigenvalue weighted by Crippen LogP contribution is 2.27. The van der Waals surface area contributed by atoms with E-state index in [1.807, 2.05) is 42.5 Å². The van der Waals surface area contributed by atoms with Crippen LogP contribution >= 0.6 is 0 Å². The van der Waals surface area contributed by atoms with Crippen LogP contribution in [0.3, 0.4) is 0 Å². The zero-order valence-corrected chi connectivity index (χ0v) is 13.6. The fraction of sp³-hybridized carbons (Fsp3) is 0.211. The molecule has 2 amide bonds. The van der Waals surface area contributed by atoms with E-state index in [0.29, 0.717) is 18.5 Å². The van der Waals surface area contributed by atoms with Crippen molar-refractivity contribution in [2.45, 2.75) is 18.9 Å². The maximum atomic E-state index is 12.2. The molecule has 0 saturated heterocycles. The molecule has 0 spiro atoms. The van der Waals surface area contributed by atoms with Crippen LogP contribution in [0, 0.1) is 0 Å². The van der Waals surface area contributed by atoms with Gasteiger partial charge in [0.2, 0.25) is 5.91 Å². The number of nitrogens with zero attached hydrogens (tertiary/aromatic N) is 1. The van der Waals surface area contributed by atoms with Gasteiger partial charge >= 0.3 is 0 Å². The number of hydrogen-bond acceptors (Lipinski definition) is 3. The first kappa shape index (κ1) is 15.4. The minimum Gasteiger partial charge on any atom is -0.356 e. The van der Waals surface area contributed by atoms with Gasteiger partial charge in [0.05, 0.1) is 23.5 Å². The molecule has 1 aromatic heterocycles. The van der Waals surface area contributed by atoms with Crippen molar-refractivity contribution in [2.24, 2.45) is 0 Å². The molecular formula is C19H18N4O2. The molecule has 25 heavy (non-hydrogen) atoms. The second kappa shape index (κ2) is 6.39. The molecule has 1 aliphatic heterocycles. The van der Waals surface area contributed by atoms with E-state index in [2.05, 4.69) is 20.6 Å². The molecule has 126 valence electrons. The molecular weight excluding hydrogens is 316 g/mol. The number of carbonyl (C=O) groups excluding carboxylic acids is 2. The lowest BCUT2D eigenvalue weighted by molar-refractivity contribution is -0.121. The number of imidazole rings is 1. The lowest BCUT2D eigenvalue weighted by Crippen LogP contribution is -2.30. The van der Waals surface area contributed by atoms with Gasteiger partial charge in [0, 0.05) is 18.5 Å². The highest BCUT2D eigenvalue weighted by Gasteiger charge is 2.29. The first-order valence-corrected chi connectivity index (χ1v) is 8.31. The molecule has 0 bridgehead atoms. The maximum Gasteiger partial charge on any atom is 0.252 e. The molecule has 6 nitrogen and oxygen atoms in total. The SMILES string of the molecule is O=C(C[C@@H]1NC(=O)c2ccccc21)NCCc1nc2ccccc2[nH]1. The average Bonchev–Trinajstić information content (AvgIpc) is 3.16. The summed E-state index contributed by atoms with van der Waals surface area (Å²) in [6.07, 6.45) is 0.872. The number of hydrogen-bond donors (Lipinski definition) is 3. The predicted octanol–water partition coefficient (Wildman–Crippen LogP) is 2.10. The molecule has 0 fully saturated rings. The zero-order chi connectivity index (χ0) is 17.2. The first-order chi connectivity index (χ1) is 12.2. The number of aromatic amines is 1. The van der Waals surface area contributed by atoms with Crippen molar-refractivity contribution in [3.05, 3.63) is 65.5 Å². The Labute approximate surface area is 144 Å². The molecule has 1 atom stereocenters. The molecule has 3 aromatic rings. The van der Waals surface area contributed by atoms with Gasteiger partial charge in [0.15, 0.2) is 0 Å². The quantitative estimate of drug-likeness (QED) is 0.668. The van der Waals surface area contributed by atoms with E-state index >= 15 is 0 Å². The number of nitrogens with one attached hydrogen (secondary N) is 3. The van der Waals surface area contributed by atoms with Gasteiger partial charge in [-0.1, -0.05) is 30.3 Å². The molecule has 2 heterocycles. The summed E-state index contributed by atoms with van der Waals surface area (Å²) < 4.78 is 0. The van der Waals surface area contributed by atoms with Crippen LogP contribution < -0.4 is 10.6 Å². The number of rotatable bonds is 5. The van der Waals surface area contributed by atoms with Crippen molar-refractivity contribution < 1.29 is 9.59 Å². The number of fused-ring (bicyclic) bond motifs is 2. The van der Waals surface area contributed by atoms with Crippen LogP contribution in [-0.2, 0) is 11.2 Å². The summed E-state index contributed by atoms with van der Waals surface area (Å²) in [6, 6.07) is 15.0. The molecule has 4 rings (SSSR count). The first-order valence-electron chi connectivity index (χ1n) is 8.31. The lowest BCUT2D eigenvalue weighted by Gasteiger charge is -2.11. The Morgan fingerprint density at radius 2 is 1.92 bits per heavy atom. The highest BCUT2D eigenvalue weighted by atomic mass is 16.2. The van der Waals surface area contributed by atoms with E-state index in [1.165, 1.54) is 0 Å². The topological polar surface area (TPSA) is 86.9 Å². The van der Waals surface area contributed by atoms with Crippen molar-refractivity contribution >= 4 is 22.8 Å². The number of benzene rings is 2. The molecule has 0 radical (unpaired) electrons. The van der Waals surface area contributed by atoms with Gasteiger partial charge < -0.3 is 15.6 Å². The predicted molar refractivity (Wildman–Crippen MR) is 94.1 cm³/mol. The monoisotopic (exact) mass is 334 g/mol. The minimum absolute atomic E-state index is 0.0851. The Bertz CT molecular complexity index is 914. The van der Waals surface area contributed by atoms with Gasteiger partial charge in [0.1, 0.15) is 5.82 Å². The number of carbonyl (C=O) groups is 2. The zero-order valence-electron chi connectivity index (χ0n) is 13.6. The van der Waals surface area contributed by atoms with E-state index in [4.69, 9.17) is 0 Å². The molecule has 0 unspecified atom stereocenters. The van der Waals surface area contributed by atoms with Crippen molar-refractivity contribution in [3.63, 3.8) is 0 Å². The van der Waals surface area contributed by atoms with E-state index in [9.17, 15) is 9.59 Å². The minimum atomic E-state index is -0.255. The van der Waals surface area contributed by atoms with Crippen LogP contribution in [0.25, 0.3) is 11.0 Å². The van der Waals surface area contributed by atoms with Gasteiger partial charge in [-0.3, -0.25) is 9.59 Å². The number of amides is 2. The third kappa shape index (κ3) is 3.10. The number of para-hydroxylation sites is 2. The van der Waals surface area contributed by atoms with Crippen molar-refractivity contribution in [2.75, 3.05) is 6.54 Å². The summed E-state index contributed by atoms with van der Waals surface area (Å²) in [6.45, 7) is 0.501. The smallest absolute Gasteiger partial charge is 0.252 e. The molecule has 3 N–H and O–H groups in total. The maximum absolute atomic E-state index is 12.2. The average molecular weight is 334 g/mol. The normalized spacial score (nSPS) is 15.8. The number of H-pyrrole nitrogens is 1. The summed E-state index contributed by atoms with van der Waals surface area (Å²) in [4.78, 5) is 31.8. The summed E-state index contributed by atoms with van der Waals surface area (Å²) >= 11 is 0. The summed E-state index contributed by atoms with van der Waals surface area (Å²) in [5.74, 6) is 0.648. The Hall–Kier alpha value is -3.15. The van der Waals surface area contributed by atoms with Crippen LogP contribution in [0.5, 0.6) is 0 Å². The third-order valence-electron chi connectivity index (χ3n) is 4.40. The van der Waals surface area contributed by atoms with Gasteiger partial charge in [-0.2, -0.15) is 0 Å². The molecule has 6 heteroatoms. The highest BCUT2D eigenvalue weighted by molar-refractivity contribution is 5.99. The fourth-order valence-electron chi connectivity index (χ4n) is 3.18. The molecule has 1 aliphatic rings. The van der Waals surface area contributed by atoms with Crippen molar-refractivity contribution in [3.8, 4) is 0 Å². The lowest BCUT2D eigenvalue weighted by atomic mass is 10.0. The third-order valence-corrected chi connectivity index (χ3v) is 4.40. The summed E-state index contributed by atoms with van der Waals surface area (Å²) in [5, 5.41) is 5.76.